The van der Waals surface area contributed by atoms with E-state index in [9.17, 15) is 5.26 Å². The second-order valence-corrected chi connectivity index (χ2v) is 9.15. The Labute approximate surface area is 201 Å². The van der Waals surface area contributed by atoms with Gasteiger partial charge in [-0.05, 0) is 41.2 Å². The van der Waals surface area contributed by atoms with Crippen molar-refractivity contribution in [2.24, 2.45) is 0 Å². The molecule has 3 aromatic carbocycles. The average molecular weight is 457 g/mol. The molecule has 0 aromatic heterocycles. The molecule has 0 amide bonds. The third-order valence-corrected chi connectivity index (χ3v) is 6.42. The van der Waals surface area contributed by atoms with Gasteiger partial charge < -0.3 is 25.4 Å². The Morgan fingerprint density at radius 1 is 0.971 bits per heavy atom. The number of anilines is 4. The number of nitrogens with zero attached hydrogens (tertiary/aromatic N) is 2. The zero-order chi connectivity index (χ0) is 24.6. The fourth-order valence-corrected chi connectivity index (χ4v) is 4.87. The normalized spacial score (nSPS) is 14.7. The van der Waals surface area contributed by atoms with Crippen LogP contribution in [-0.4, -0.2) is 14.2 Å². The Kier molecular flexibility index (Phi) is 6.30. The highest BCUT2D eigenvalue weighted by Gasteiger charge is 2.37. The van der Waals surface area contributed by atoms with E-state index in [1.165, 1.54) is 0 Å². The van der Waals surface area contributed by atoms with Crippen molar-refractivity contribution in [1.29, 1.82) is 5.26 Å². The number of hydrogen-bond donors (Lipinski definition) is 2. The van der Waals surface area contributed by atoms with Crippen molar-refractivity contribution in [3.05, 3.63) is 70.8 Å². The maximum atomic E-state index is 9.79. The summed E-state index contributed by atoms with van der Waals surface area (Å²) in [6, 6.07) is 18.5. The second kappa shape index (κ2) is 9.18. The molecule has 0 bridgehead atoms. The molecule has 1 aliphatic heterocycles. The summed E-state index contributed by atoms with van der Waals surface area (Å²) in [5.41, 5.74) is 13.9. The van der Waals surface area contributed by atoms with Gasteiger partial charge in [-0.15, -0.1) is 0 Å². The van der Waals surface area contributed by atoms with Gasteiger partial charge in [-0.2, -0.15) is 5.26 Å². The van der Waals surface area contributed by atoms with Gasteiger partial charge in [0.15, 0.2) is 11.5 Å². The van der Waals surface area contributed by atoms with E-state index in [1.807, 2.05) is 36.4 Å². The molecule has 6 heteroatoms. The van der Waals surface area contributed by atoms with Crippen LogP contribution in [0, 0.1) is 11.3 Å². The average Bonchev–Trinajstić information content (AvgIpc) is 3.20. The summed E-state index contributed by atoms with van der Waals surface area (Å²) in [6.07, 6.45) is -0.223. The van der Waals surface area contributed by atoms with Gasteiger partial charge in [-0.3, -0.25) is 0 Å². The highest BCUT2D eigenvalue weighted by atomic mass is 16.5. The van der Waals surface area contributed by atoms with E-state index in [4.69, 9.17) is 15.2 Å². The first-order chi connectivity index (χ1) is 16.3. The smallest absolute Gasteiger partial charge is 0.162 e. The van der Waals surface area contributed by atoms with Crippen LogP contribution in [0.1, 0.15) is 68.0 Å². The standard InChI is InChI=1S/C28H32N4O2/c1-16(2)20-12-18(15-29)27(30)25(17(3)4)26(20)28-31-21-13-23(33-5)24(34-6)14-22(21)32(28)19-10-8-7-9-11-19/h7-14,16-17,28,31H,30H2,1-6H3. The van der Waals surface area contributed by atoms with Crippen LogP contribution in [0.3, 0.4) is 0 Å². The Morgan fingerprint density at radius 2 is 1.62 bits per heavy atom. The predicted molar refractivity (Wildman–Crippen MR) is 138 cm³/mol. The van der Waals surface area contributed by atoms with Crippen LogP contribution in [-0.2, 0) is 0 Å². The highest BCUT2D eigenvalue weighted by molar-refractivity contribution is 5.87. The Balaban J connectivity index is 2.04. The molecule has 1 atom stereocenters. The molecule has 0 spiro atoms. The monoisotopic (exact) mass is 456 g/mol. The number of nitrogens with one attached hydrogen (secondary N) is 1. The van der Waals surface area contributed by atoms with Crippen LogP contribution in [0.25, 0.3) is 0 Å². The molecule has 1 heterocycles. The molecular formula is C28H32N4O2. The summed E-state index contributed by atoms with van der Waals surface area (Å²) >= 11 is 0. The van der Waals surface area contributed by atoms with Gasteiger partial charge in [-0.25, -0.2) is 0 Å². The highest BCUT2D eigenvalue weighted by Crippen LogP contribution is 2.52. The van der Waals surface area contributed by atoms with E-state index in [-0.39, 0.29) is 18.0 Å². The lowest BCUT2D eigenvalue weighted by molar-refractivity contribution is 0.355. The molecule has 0 fully saturated rings. The molecular weight excluding hydrogens is 424 g/mol. The van der Waals surface area contributed by atoms with Crippen LogP contribution in [0.15, 0.2) is 48.5 Å². The lowest BCUT2D eigenvalue weighted by Gasteiger charge is -2.33. The van der Waals surface area contributed by atoms with Crippen LogP contribution in [0.2, 0.25) is 0 Å². The Bertz CT molecular complexity index is 1250. The number of nitriles is 1. The molecule has 0 saturated carbocycles. The van der Waals surface area contributed by atoms with Crippen molar-refractivity contribution in [2.45, 2.75) is 45.7 Å². The molecule has 4 rings (SSSR count). The number of para-hydroxylation sites is 1. The van der Waals surface area contributed by atoms with Gasteiger partial charge in [0.25, 0.3) is 0 Å². The lowest BCUT2D eigenvalue weighted by Crippen LogP contribution is -2.27. The van der Waals surface area contributed by atoms with E-state index >= 15 is 0 Å². The van der Waals surface area contributed by atoms with Crippen LogP contribution >= 0.6 is 0 Å². The van der Waals surface area contributed by atoms with Gasteiger partial charge in [0.1, 0.15) is 12.2 Å². The van der Waals surface area contributed by atoms with Gasteiger partial charge in [0.2, 0.25) is 0 Å². The van der Waals surface area contributed by atoms with Crippen molar-refractivity contribution >= 4 is 22.7 Å². The van der Waals surface area contributed by atoms with Gasteiger partial charge in [0.05, 0.1) is 36.8 Å². The fourth-order valence-electron chi connectivity index (χ4n) is 4.87. The van der Waals surface area contributed by atoms with Gasteiger partial charge >= 0.3 is 0 Å². The van der Waals surface area contributed by atoms with Gasteiger partial charge in [-0.1, -0.05) is 45.9 Å². The van der Waals surface area contributed by atoms with Crippen molar-refractivity contribution < 1.29 is 9.47 Å². The summed E-state index contributed by atoms with van der Waals surface area (Å²) in [5.74, 6) is 1.66. The molecule has 1 unspecified atom stereocenters. The van der Waals surface area contributed by atoms with Crippen molar-refractivity contribution in [3.63, 3.8) is 0 Å². The number of fused-ring (bicyclic) bond motifs is 1. The van der Waals surface area contributed by atoms with Crippen molar-refractivity contribution in [3.8, 4) is 17.6 Å². The number of hydrogen-bond acceptors (Lipinski definition) is 6. The largest absolute Gasteiger partial charge is 0.493 e. The van der Waals surface area contributed by atoms with Crippen LogP contribution in [0.5, 0.6) is 11.5 Å². The molecule has 0 radical (unpaired) electrons. The molecule has 176 valence electrons. The zero-order valence-corrected chi connectivity index (χ0v) is 20.6. The minimum atomic E-state index is -0.223. The minimum absolute atomic E-state index is 0.132. The number of rotatable bonds is 6. The first-order valence-electron chi connectivity index (χ1n) is 11.5. The summed E-state index contributed by atoms with van der Waals surface area (Å²) < 4.78 is 11.2. The van der Waals surface area contributed by atoms with Crippen LogP contribution in [0.4, 0.5) is 22.7 Å². The lowest BCUT2D eigenvalue weighted by atomic mass is 9.83. The van der Waals surface area contributed by atoms with Gasteiger partial charge in [0, 0.05) is 23.4 Å². The van der Waals surface area contributed by atoms with Crippen LogP contribution < -0.4 is 25.4 Å². The van der Waals surface area contributed by atoms with E-state index < -0.39 is 0 Å². The summed E-state index contributed by atoms with van der Waals surface area (Å²) in [7, 11) is 3.28. The van der Waals surface area contributed by atoms with E-state index in [0.717, 1.165) is 33.8 Å². The molecule has 0 aliphatic carbocycles. The van der Waals surface area contributed by atoms with E-state index in [2.05, 4.69) is 56.1 Å². The summed E-state index contributed by atoms with van der Waals surface area (Å²) in [4.78, 5) is 2.27. The maximum absolute atomic E-state index is 9.79. The topological polar surface area (TPSA) is 83.5 Å². The minimum Gasteiger partial charge on any atom is -0.493 e. The molecule has 6 nitrogen and oxygen atoms in total. The fraction of sp³-hybridized carbons (Fsp3) is 0.321. The number of ether oxygens (including phenoxy) is 2. The summed E-state index contributed by atoms with van der Waals surface area (Å²) in [5, 5.41) is 13.5. The quantitative estimate of drug-likeness (QED) is 0.403. The maximum Gasteiger partial charge on any atom is 0.162 e. The first kappa shape index (κ1) is 23.3. The second-order valence-electron chi connectivity index (χ2n) is 9.15. The van der Waals surface area contributed by atoms with Crippen molar-refractivity contribution in [2.75, 3.05) is 30.2 Å². The number of nitrogens with two attached hydrogens (primary N) is 1. The third kappa shape index (κ3) is 3.77. The molecule has 0 saturated heterocycles. The number of methoxy groups -OCH3 is 2. The third-order valence-electron chi connectivity index (χ3n) is 6.42. The Hall–Kier alpha value is -3.85. The van der Waals surface area contributed by atoms with Crippen molar-refractivity contribution in [1.82, 2.24) is 0 Å². The van der Waals surface area contributed by atoms with E-state index in [1.54, 1.807) is 14.2 Å². The number of nitrogen functional groups attached to an aromatic ring is 1. The predicted octanol–water partition coefficient (Wildman–Crippen LogP) is 6.67. The SMILES string of the molecule is COc1cc2c(cc1OC)N(c1ccccc1)C(c1c(C(C)C)cc(C#N)c(N)c1C(C)C)N2. The number of benzene rings is 3. The summed E-state index contributed by atoms with van der Waals surface area (Å²) in [6.45, 7) is 8.56. The molecule has 1 aliphatic rings. The molecule has 3 N–H and O–H groups in total. The zero-order valence-electron chi connectivity index (χ0n) is 20.6. The molecule has 3 aromatic rings. The molecule has 34 heavy (non-hydrogen) atoms. The first-order valence-corrected chi connectivity index (χ1v) is 11.5. The van der Waals surface area contributed by atoms with E-state index in [0.29, 0.717) is 22.7 Å². The Morgan fingerprint density at radius 3 is 2.18 bits per heavy atom.